The number of aliphatic hydroxyl groups excluding tert-OH is 1. The van der Waals surface area contributed by atoms with Gasteiger partial charge in [0, 0.05) is 13.0 Å². The van der Waals surface area contributed by atoms with Gasteiger partial charge in [0.25, 0.3) is 8.32 Å². The van der Waals surface area contributed by atoms with Crippen molar-refractivity contribution in [2.45, 2.75) is 38.3 Å². The number of hydrogen-bond acceptors (Lipinski definition) is 2. The van der Waals surface area contributed by atoms with Crippen LogP contribution in [0.25, 0.3) is 0 Å². The van der Waals surface area contributed by atoms with Gasteiger partial charge in [0.05, 0.1) is 0 Å². The Labute approximate surface area is 146 Å². The maximum atomic E-state index is 9.70. The summed E-state index contributed by atoms with van der Waals surface area (Å²) < 4.78 is 6.62. The van der Waals surface area contributed by atoms with Gasteiger partial charge in [-0.1, -0.05) is 87.4 Å². The zero-order valence-electron chi connectivity index (χ0n) is 14.7. The molecule has 1 unspecified atom stereocenters. The quantitative estimate of drug-likeness (QED) is 0.648. The van der Waals surface area contributed by atoms with Crippen molar-refractivity contribution in [2.24, 2.45) is 0 Å². The molecular formula is C21H26O2Si. The summed E-state index contributed by atoms with van der Waals surface area (Å²) >= 11 is 0. The molecule has 2 aromatic rings. The fraction of sp³-hybridized carbons (Fsp3) is 0.333. The minimum Gasteiger partial charge on any atom is -0.407 e. The molecule has 0 saturated carbocycles. The van der Waals surface area contributed by atoms with Gasteiger partial charge >= 0.3 is 0 Å². The Morgan fingerprint density at radius 1 is 1.00 bits per heavy atom. The smallest absolute Gasteiger partial charge is 0.261 e. The first-order valence-corrected chi connectivity index (χ1v) is 10.2. The summed E-state index contributed by atoms with van der Waals surface area (Å²) in [6.07, 6.45) is 4.97. The summed E-state index contributed by atoms with van der Waals surface area (Å²) in [5.74, 6) is 2.36. The second-order valence-corrected chi connectivity index (χ2v) is 11.3. The van der Waals surface area contributed by atoms with Gasteiger partial charge in [-0.2, -0.15) is 0 Å². The van der Waals surface area contributed by atoms with Gasteiger partial charge in [0.1, 0.15) is 6.10 Å². The molecule has 0 bridgehead atoms. The lowest BCUT2D eigenvalue weighted by atomic mass is 10.2. The highest BCUT2D eigenvalue weighted by atomic mass is 28.4. The zero-order chi connectivity index (χ0) is 17.6. The molecule has 0 radical (unpaired) electrons. The molecule has 0 fully saturated rings. The first kappa shape index (κ1) is 18.5. The fourth-order valence-electron chi connectivity index (χ4n) is 3.17. The Bertz CT molecular complexity index is 629. The zero-order valence-corrected chi connectivity index (χ0v) is 15.7. The highest BCUT2D eigenvalue weighted by Crippen LogP contribution is 2.36. The lowest BCUT2D eigenvalue weighted by Crippen LogP contribution is -2.66. The van der Waals surface area contributed by atoms with E-state index in [2.05, 4.69) is 75.2 Å². The van der Waals surface area contributed by atoms with Gasteiger partial charge in [-0.25, -0.2) is 0 Å². The van der Waals surface area contributed by atoms with Gasteiger partial charge in [0.2, 0.25) is 0 Å². The van der Waals surface area contributed by atoms with Gasteiger partial charge in [-0.05, 0) is 15.4 Å². The molecular weight excluding hydrogens is 312 g/mol. The Balaban J connectivity index is 2.52. The van der Waals surface area contributed by atoms with Crippen LogP contribution in [0.2, 0.25) is 5.04 Å². The van der Waals surface area contributed by atoms with Crippen LogP contribution in [-0.2, 0) is 4.43 Å². The van der Waals surface area contributed by atoms with Gasteiger partial charge in [-0.3, -0.25) is 0 Å². The van der Waals surface area contributed by atoms with Crippen LogP contribution in [-0.4, -0.2) is 26.1 Å². The van der Waals surface area contributed by atoms with E-state index < -0.39 is 14.4 Å². The summed E-state index contributed by atoms with van der Waals surface area (Å²) in [5.41, 5.74) is 0. The van der Waals surface area contributed by atoms with Crippen LogP contribution in [0.4, 0.5) is 0 Å². The maximum Gasteiger partial charge on any atom is 0.261 e. The third-order valence-electron chi connectivity index (χ3n) is 4.32. The largest absolute Gasteiger partial charge is 0.407 e. The monoisotopic (exact) mass is 338 g/mol. The molecule has 0 amide bonds. The predicted octanol–water partition coefficient (Wildman–Crippen LogP) is 2.95. The topological polar surface area (TPSA) is 29.5 Å². The summed E-state index contributed by atoms with van der Waals surface area (Å²) in [5, 5.41) is 12.1. The van der Waals surface area contributed by atoms with Crippen LogP contribution in [0, 0.1) is 12.3 Å². The van der Waals surface area contributed by atoms with Crippen LogP contribution in [0.3, 0.4) is 0 Å². The molecule has 24 heavy (non-hydrogen) atoms. The van der Waals surface area contributed by atoms with E-state index in [0.29, 0.717) is 13.0 Å². The van der Waals surface area contributed by atoms with Crippen molar-refractivity contribution >= 4 is 18.7 Å². The number of rotatable bonds is 6. The molecule has 126 valence electrons. The van der Waals surface area contributed by atoms with Crippen molar-refractivity contribution in [3.63, 3.8) is 0 Å². The van der Waals surface area contributed by atoms with Crippen LogP contribution >= 0.6 is 0 Å². The molecule has 1 N–H and O–H groups in total. The third kappa shape index (κ3) is 3.79. The highest BCUT2D eigenvalue weighted by Gasteiger charge is 2.49. The molecule has 0 saturated heterocycles. The van der Waals surface area contributed by atoms with E-state index in [0.717, 1.165) is 0 Å². The van der Waals surface area contributed by atoms with E-state index in [4.69, 9.17) is 10.8 Å². The van der Waals surface area contributed by atoms with Crippen molar-refractivity contribution in [2.75, 3.05) is 6.61 Å². The molecule has 0 aliphatic rings. The Morgan fingerprint density at radius 2 is 1.46 bits per heavy atom. The lowest BCUT2D eigenvalue weighted by molar-refractivity contribution is 0.181. The molecule has 2 aromatic carbocycles. The molecule has 0 heterocycles. The van der Waals surface area contributed by atoms with Crippen molar-refractivity contribution in [3.8, 4) is 12.3 Å². The first-order chi connectivity index (χ1) is 11.4. The van der Waals surface area contributed by atoms with E-state index in [9.17, 15) is 5.11 Å². The number of benzene rings is 2. The Morgan fingerprint density at radius 3 is 1.83 bits per heavy atom. The first-order valence-electron chi connectivity index (χ1n) is 8.31. The van der Waals surface area contributed by atoms with E-state index >= 15 is 0 Å². The summed E-state index contributed by atoms with van der Waals surface area (Å²) in [4.78, 5) is 0. The lowest BCUT2D eigenvalue weighted by Gasteiger charge is -2.43. The van der Waals surface area contributed by atoms with Crippen LogP contribution in [0.1, 0.15) is 27.2 Å². The average Bonchev–Trinajstić information content (AvgIpc) is 2.59. The average molecular weight is 339 g/mol. The summed E-state index contributed by atoms with van der Waals surface area (Å²) in [6.45, 7) is 7.14. The predicted molar refractivity (Wildman–Crippen MR) is 103 cm³/mol. The standard InChI is InChI=1S/C21H26O2Si/c1-5-18(22)16-17-23-24(21(2,3)4,19-12-8-6-9-13-19)20-14-10-7-11-15-20/h1,6-15,18,22H,16-17H2,2-4H3. The van der Waals surface area contributed by atoms with Crippen LogP contribution in [0.5, 0.6) is 0 Å². The Kier molecular flexibility index (Phi) is 6.01. The second kappa shape index (κ2) is 7.81. The molecule has 0 aromatic heterocycles. The summed E-state index contributed by atoms with van der Waals surface area (Å²) in [7, 11) is -2.51. The molecule has 0 aliphatic heterocycles. The molecule has 2 rings (SSSR count). The number of hydrogen-bond donors (Lipinski definition) is 1. The summed E-state index contributed by atoms with van der Waals surface area (Å²) in [6, 6.07) is 20.9. The van der Waals surface area contributed by atoms with Gasteiger partial charge in [0.15, 0.2) is 0 Å². The van der Waals surface area contributed by atoms with Crippen molar-refractivity contribution in [1.29, 1.82) is 0 Å². The fourth-order valence-corrected chi connectivity index (χ4v) is 7.75. The molecule has 0 aliphatic carbocycles. The number of aliphatic hydroxyl groups is 1. The van der Waals surface area contributed by atoms with Gasteiger partial charge < -0.3 is 9.53 Å². The van der Waals surface area contributed by atoms with Crippen molar-refractivity contribution < 1.29 is 9.53 Å². The molecule has 3 heteroatoms. The second-order valence-electron chi connectivity index (χ2n) is 6.98. The van der Waals surface area contributed by atoms with Crippen molar-refractivity contribution in [1.82, 2.24) is 0 Å². The van der Waals surface area contributed by atoms with Crippen molar-refractivity contribution in [3.05, 3.63) is 60.7 Å². The minimum atomic E-state index is -2.51. The maximum absolute atomic E-state index is 9.70. The highest BCUT2D eigenvalue weighted by molar-refractivity contribution is 6.99. The van der Waals surface area contributed by atoms with Crippen LogP contribution in [0.15, 0.2) is 60.7 Å². The van der Waals surface area contributed by atoms with E-state index in [-0.39, 0.29) is 5.04 Å². The van der Waals surface area contributed by atoms with Crippen LogP contribution < -0.4 is 10.4 Å². The van der Waals surface area contributed by atoms with E-state index in [1.807, 2.05) is 12.1 Å². The normalized spacial score (nSPS) is 13.3. The van der Waals surface area contributed by atoms with E-state index in [1.165, 1.54) is 10.4 Å². The van der Waals surface area contributed by atoms with E-state index in [1.54, 1.807) is 0 Å². The Hall–Kier alpha value is -1.86. The molecule has 1 atom stereocenters. The number of terminal acetylenes is 1. The molecule has 2 nitrogen and oxygen atoms in total. The third-order valence-corrected chi connectivity index (χ3v) is 9.36. The SMILES string of the molecule is C#CC(O)CCO[Si](c1ccccc1)(c1ccccc1)C(C)(C)C. The minimum absolute atomic E-state index is 0.0587. The van der Waals surface area contributed by atoms with Gasteiger partial charge in [-0.15, -0.1) is 6.42 Å². The molecule has 0 spiro atoms.